The molecule has 0 aliphatic rings. The smallest absolute Gasteiger partial charge is 0.281 e. The van der Waals surface area contributed by atoms with Crippen molar-refractivity contribution in [3.63, 3.8) is 0 Å². The summed E-state index contributed by atoms with van der Waals surface area (Å²) in [6.45, 7) is 3.03. The maximum Gasteiger partial charge on any atom is 0.306 e. The van der Waals surface area contributed by atoms with E-state index in [2.05, 4.69) is 14.9 Å². The third kappa shape index (κ3) is 2.84. The van der Waals surface area contributed by atoms with Crippen molar-refractivity contribution >= 4 is 21.4 Å². The number of aromatic amines is 1. The van der Waals surface area contributed by atoms with Gasteiger partial charge in [-0.15, -0.1) is 0 Å². The van der Waals surface area contributed by atoms with Crippen LogP contribution in [0.15, 0.2) is 23.1 Å². The lowest BCUT2D eigenvalue weighted by Gasteiger charge is -2.08. The molecule has 8 nitrogen and oxygen atoms in total. The van der Waals surface area contributed by atoms with Gasteiger partial charge in [0, 0.05) is 6.07 Å². The van der Waals surface area contributed by atoms with Crippen molar-refractivity contribution < 1.29 is 17.7 Å². The number of hydrogen-bond donors (Lipinski definition) is 2. The number of nitrogens with one attached hydrogen (secondary N) is 2. The number of nitro groups is 1. The van der Waals surface area contributed by atoms with E-state index in [0.717, 1.165) is 18.2 Å². The minimum absolute atomic E-state index is 0.0468. The molecular formula is C11H11FN4O4S. The Morgan fingerprint density at radius 3 is 2.57 bits per heavy atom. The van der Waals surface area contributed by atoms with E-state index >= 15 is 0 Å². The molecule has 1 aromatic carbocycles. The van der Waals surface area contributed by atoms with E-state index in [1.54, 1.807) is 0 Å². The number of nitro benzene ring substituents is 1. The molecule has 0 fully saturated rings. The lowest BCUT2D eigenvalue weighted by molar-refractivity contribution is -0.387. The minimum atomic E-state index is -3.98. The molecule has 1 heterocycles. The summed E-state index contributed by atoms with van der Waals surface area (Å²) in [5.74, 6) is -1.04. The first-order chi connectivity index (χ1) is 9.72. The molecule has 2 rings (SSSR count). The van der Waals surface area contributed by atoms with E-state index in [-0.39, 0.29) is 16.3 Å². The van der Waals surface area contributed by atoms with Gasteiger partial charge in [-0.25, -0.2) is 8.42 Å². The van der Waals surface area contributed by atoms with Crippen molar-refractivity contribution in [2.24, 2.45) is 0 Å². The summed E-state index contributed by atoms with van der Waals surface area (Å²) in [6.07, 6.45) is 0. The Bertz CT molecular complexity index is 796. The number of rotatable bonds is 4. The largest absolute Gasteiger partial charge is 0.306 e. The Labute approximate surface area is 119 Å². The number of sulfonamides is 1. The van der Waals surface area contributed by atoms with Gasteiger partial charge >= 0.3 is 5.69 Å². The van der Waals surface area contributed by atoms with Crippen LogP contribution in [0.1, 0.15) is 11.4 Å². The second kappa shape index (κ2) is 5.13. The maximum absolute atomic E-state index is 13.2. The lowest BCUT2D eigenvalue weighted by atomic mass is 10.3. The molecule has 112 valence electrons. The van der Waals surface area contributed by atoms with Crippen LogP contribution >= 0.6 is 0 Å². The van der Waals surface area contributed by atoms with Gasteiger partial charge in [0.1, 0.15) is 4.90 Å². The van der Waals surface area contributed by atoms with Crippen molar-refractivity contribution in [2.75, 3.05) is 4.72 Å². The van der Waals surface area contributed by atoms with Gasteiger partial charge in [0.15, 0.2) is 0 Å². The first-order valence-corrected chi connectivity index (χ1v) is 7.19. The first kappa shape index (κ1) is 14.9. The van der Waals surface area contributed by atoms with Crippen LogP contribution in [0, 0.1) is 29.8 Å². The van der Waals surface area contributed by atoms with Gasteiger partial charge in [-0.2, -0.15) is 9.49 Å². The van der Waals surface area contributed by atoms with Crippen LogP contribution in [0.3, 0.4) is 0 Å². The van der Waals surface area contributed by atoms with Crippen LogP contribution in [0.2, 0.25) is 0 Å². The van der Waals surface area contributed by atoms with Gasteiger partial charge in [-0.1, -0.05) is 0 Å². The zero-order valence-electron chi connectivity index (χ0n) is 11.0. The maximum atomic E-state index is 13.2. The van der Waals surface area contributed by atoms with Crippen LogP contribution in [0.4, 0.5) is 15.8 Å². The summed E-state index contributed by atoms with van der Waals surface area (Å²) >= 11 is 0. The Morgan fingerprint density at radius 2 is 2.05 bits per heavy atom. The van der Waals surface area contributed by atoms with Gasteiger partial charge in [0.2, 0.25) is 5.82 Å². The Hall–Kier alpha value is -2.49. The highest BCUT2D eigenvalue weighted by Gasteiger charge is 2.23. The highest BCUT2D eigenvalue weighted by molar-refractivity contribution is 7.92. The third-order valence-corrected chi connectivity index (χ3v) is 4.37. The molecule has 2 N–H and O–H groups in total. The monoisotopic (exact) mass is 314 g/mol. The summed E-state index contributed by atoms with van der Waals surface area (Å²) in [5, 5.41) is 17.0. The summed E-state index contributed by atoms with van der Waals surface area (Å²) < 4.78 is 39.9. The van der Waals surface area contributed by atoms with Crippen LogP contribution < -0.4 is 4.72 Å². The van der Waals surface area contributed by atoms with Gasteiger partial charge < -0.3 is 0 Å². The molecule has 1 aromatic heterocycles. The number of benzene rings is 1. The number of nitrogens with zero attached hydrogens (tertiary/aromatic N) is 2. The molecule has 0 saturated heterocycles. The Balaban J connectivity index is 2.42. The van der Waals surface area contributed by atoms with Crippen molar-refractivity contribution in [3.8, 4) is 0 Å². The van der Waals surface area contributed by atoms with E-state index in [1.807, 2.05) is 0 Å². The fraction of sp³-hybridized carbons (Fsp3) is 0.182. The Morgan fingerprint density at radius 1 is 1.38 bits per heavy atom. The Kier molecular flexibility index (Phi) is 3.64. The summed E-state index contributed by atoms with van der Waals surface area (Å²) in [4.78, 5) is 9.67. The molecule has 0 unspecified atom stereocenters. The molecule has 0 spiro atoms. The van der Waals surface area contributed by atoms with Gasteiger partial charge in [0.25, 0.3) is 10.0 Å². The average Bonchev–Trinajstić information content (AvgIpc) is 2.71. The normalized spacial score (nSPS) is 11.4. The van der Waals surface area contributed by atoms with Crippen molar-refractivity contribution in [2.45, 2.75) is 18.7 Å². The molecule has 0 bridgehead atoms. The molecule has 0 atom stereocenters. The predicted octanol–water partition coefficient (Wildman–Crippen LogP) is 1.87. The molecule has 10 heteroatoms. The van der Waals surface area contributed by atoms with Crippen LogP contribution in [0.25, 0.3) is 0 Å². The quantitative estimate of drug-likeness (QED) is 0.659. The predicted molar refractivity (Wildman–Crippen MR) is 71.9 cm³/mol. The highest BCUT2D eigenvalue weighted by atomic mass is 32.2. The number of aryl methyl sites for hydroxylation is 2. The zero-order chi connectivity index (χ0) is 15.8. The van der Waals surface area contributed by atoms with E-state index in [9.17, 15) is 22.9 Å². The molecule has 21 heavy (non-hydrogen) atoms. The van der Waals surface area contributed by atoms with Crippen molar-refractivity contribution in [1.29, 1.82) is 0 Å². The van der Waals surface area contributed by atoms with Crippen LogP contribution in [-0.4, -0.2) is 23.5 Å². The molecule has 0 aliphatic heterocycles. The molecule has 0 saturated carbocycles. The van der Waals surface area contributed by atoms with E-state index in [4.69, 9.17) is 0 Å². The first-order valence-electron chi connectivity index (χ1n) is 5.70. The number of halogens is 1. The minimum Gasteiger partial charge on any atom is -0.281 e. The van der Waals surface area contributed by atoms with E-state index in [1.165, 1.54) is 13.8 Å². The van der Waals surface area contributed by atoms with Crippen molar-refractivity contribution in [1.82, 2.24) is 10.2 Å². The van der Waals surface area contributed by atoms with Gasteiger partial charge in [-0.05, 0) is 26.0 Å². The fourth-order valence-corrected chi connectivity index (χ4v) is 3.28. The topological polar surface area (TPSA) is 118 Å². The SMILES string of the molecule is Cc1n[nH]c(C)c1S(=O)(=O)Nc1ccc(F)c([N+](=O)[O-])c1. The third-order valence-electron chi connectivity index (χ3n) is 2.72. The molecule has 0 aliphatic carbocycles. The summed E-state index contributed by atoms with van der Waals surface area (Å²) in [6, 6.07) is 2.74. The average molecular weight is 314 g/mol. The molecule has 0 amide bonds. The lowest BCUT2D eigenvalue weighted by Crippen LogP contribution is -2.14. The summed E-state index contributed by atoms with van der Waals surface area (Å²) in [5.41, 5.74) is -0.327. The number of anilines is 1. The second-order valence-electron chi connectivity index (χ2n) is 4.29. The fourth-order valence-electron chi connectivity index (χ4n) is 1.86. The highest BCUT2D eigenvalue weighted by Crippen LogP contribution is 2.25. The van der Waals surface area contributed by atoms with Crippen molar-refractivity contribution in [3.05, 3.63) is 45.5 Å². The molecule has 0 radical (unpaired) electrons. The van der Waals surface area contributed by atoms with Gasteiger partial charge in [-0.3, -0.25) is 19.9 Å². The van der Waals surface area contributed by atoms with Gasteiger partial charge in [0.05, 0.1) is 22.0 Å². The van der Waals surface area contributed by atoms with E-state index in [0.29, 0.717) is 5.69 Å². The van der Waals surface area contributed by atoms with Crippen LogP contribution in [-0.2, 0) is 10.0 Å². The summed E-state index contributed by atoms with van der Waals surface area (Å²) in [7, 11) is -3.98. The second-order valence-corrected chi connectivity index (χ2v) is 5.91. The molecular weight excluding hydrogens is 303 g/mol. The zero-order valence-corrected chi connectivity index (χ0v) is 11.9. The van der Waals surface area contributed by atoms with E-state index < -0.39 is 26.5 Å². The standard InChI is InChI=1S/C11H11FN4O4S/c1-6-11(7(2)14-13-6)21(19,20)15-8-3-4-9(12)10(5-8)16(17)18/h3-5,15H,1-2H3,(H,13,14). The van der Waals surface area contributed by atoms with Crippen LogP contribution in [0.5, 0.6) is 0 Å². The number of hydrogen-bond acceptors (Lipinski definition) is 5. The molecule has 2 aromatic rings. The number of H-pyrrole nitrogens is 1. The number of aromatic nitrogens is 2.